The van der Waals surface area contributed by atoms with Crippen LogP contribution >= 0.6 is 11.6 Å². The maximum absolute atomic E-state index is 12.1. The molecule has 1 aliphatic rings. The van der Waals surface area contributed by atoms with Crippen molar-refractivity contribution in [1.82, 2.24) is 4.98 Å². The summed E-state index contributed by atoms with van der Waals surface area (Å²) in [6, 6.07) is 8.72. The molecule has 21 heavy (non-hydrogen) atoms. The van der Waals surface area contributed by atoms with E-state index in [-0.39, 0.29) is 5.56 Å². The molecule has 2 aromatic rings. The van der Waals surface area contributed by atoms with Crippen molar-refractivity contribution in [3.63, 3.8) is 0 Å². The SMILES string of the molecule is CC1(C)Oc2ccc(Cl)cc2C(c2ccc[nH]c2=O)C1O. The highest BCUT2D eigenvalue weighted by atomic mass is 35.5. The molecule has 110 valence electrons. The Morgan fingerprint density at radius 1 is 1.29 bits per heavy atom. The van der Waals surface area contributed by atoms with E-state index >= 15 is 0 Å². The van der Waals surface area contributed by atoms with Crippen molar-refractivity contribution in [2.24, 2.45) is 0 Å². The van der Waals surface area contributed by atoms with Crippen LogP contribution in [-0.2, 0) is 0 Å². The van der Waals surface area contributed by atoms with Crippen LogP contribution in [0.5, 0.6) is 5.75 Å². The average Bonchev–Trinajstić information content (AvgIpc) is 2.42. The molecule has 0 fully saturated rings. The van der Waals surface area contributed by atoms with E-state index in [0.717, 1.165) is 5.56 Å². The number of hydrogen-bond donors (Lipinski definition) is 2. The summed E-state index contributed by atoms with van der Waals surface area (Å²) < 4.78 is 5.86. The topological polar surface area (TPSA) is 62.3 Å². The van der Waals surface area contributed by atoms with Gasteiger partial charge in [0.1, 0.15) is 17.5 Å². The molecule has 2 atom stereocenters. The molecular formula is C16H16ClNO3. The summed E-state index contributed by atoms with van der Waals surface area (Å²) in [7, 11) is 0. The number of benzene rings is 1. The van der Waals surface area contributed by atoms with Gasteiger partial charge in [0.25, 0.3) is 5.56 Å². The Kier molecular flexibility index (Phi) is 3.30. The Morgan fingerprint density at radius 3 is 2.76 bits per heavy atom. The Balaban J connectivity index is 2.25. The van der Waals surface area contributed by atoms with Crippen molar-refractivity contribution in [3.8, 4) is 5.75 Å². The fourth-order valence-electron chi connectivity index (χ4n) is 2.79. The van der Waals surface area contributed by atoms with Gasteiger partial charge in [-0.25, -0.2) is 0 Å². The lowest BCUT2D eigenvalue weighted by Gasteiger charge is -2.42. The molecule has 0 aliphatic carbocycles. The van der Waals surface area contributed by atoms with Crippen LogP contribution in [0.1, 0.15) is 30.9 Å². The van der Waals surface area contributed by atoms with Crippen molar-refractivity contribution < 1.29 is 9.84 Å². The molecule has 1 aromatic carbocycles. The summed E-state index contributed by atoms with van der Waals surface area (Å²) in [4.78, 5) is 14.8. The van der Waals surface area contributed by atoms with Crippen molar-refractivity contribution in [3.05, 3.63) is 63.0 Å². The monoisotopic (exact) mass is 305 g/mol. The highest BCUT2D eigenvalue weighted by molar-refractivity contribution is 6.30. The number of fused-ring (bicyclic) bond motifs is 1. The number of aromatic nitrogens is 1. The minimum Gasteiger partial charge on any atom is -0.485 e. The minimum atomic E-state index is -0.855. The van der Waals surface area contributed by atoms with Gasteiger partial charge in [0.2, 0.25) is 0 Å². The van der Waals surface area contributed by atoms with Crippen molar-refractivity contribution in [1.29, 1.82) is 0 Å². The molecule has 0 saturated heterocycles. The lowest BCUT2D eigenvalue weighted by atomic mass is 9.78. The molecular weight excluding hydrogens is 290 g/mol. The van der Waals surface area contributed by atoms with Crippen molar-refractivity contribution in [2.45, 2.75) is 31.5 Å². The van der Waals surface area contributed by atoms with Gasteiger partial charge in [-0.05, 0) is 38.1 Å². The van der Waals surface area contributed by atoms with Crippen LogP contribution < -0.4 is 10.3 Å². The highest BCUT2D eigenvalue weighted by Crippen LogP contribution is 2.44. The second-order valence-corrected chi connectivity index (χ2v) is 6.20. The minimum absolute atomic E-state index is 0.217. The van der Waals surface area contributed by atoms with Gasteiger partial charge in [-0.3, -0.25) is 4.79 Å². The zero-order chi connectivity index (χ0) is 15.2. The number of hydrogen-bond acceptors (Lipinski definition) is 3. The van der Waals surface area contributed by atoms with Gasteiger partial charge in [-0.2, -0.15) is 0 Å². The molecule has 2 N–H and O–H groups in total. The Hall–Kier alpha value is -1.78. The second kappa shape index (κ2) is 4.90. The quantitative estimate of drug-likeness (QED) is 0.851. The van der Waals surface area contributed by atoms with E-state index in [1.807, 2.05) is 0 Å². The van der Waals surface area contributed by atoms with Crippen LogP contribution in [-0.4, -0.2) is 21.8 Å². The second-order valence-electron chi connectivity index (χ2n) is 5.76. The molecule has 1 aromatic heterocycles. The van der Waals surface area contributed by atoms with Gasteiger partial charge in [0.05, 0.1) is 0 Å². The number of nitrogens with one attached hydrogen (secondary N) is 1. The van der Waals surface area contributed by atoms with Gasteiger partial charge < -0.3 is 14.8 Å². The van der Waals surface area contributed by atoms with Gasteiger partial charge in [0, 0.05) is 28.3 Å². The van der Waals surface area contributed by atoms with Crippen molar-refractivity contribution >= 4 is 11.6 Å². The smallest absolute Gasteiger partial charge is 0.251 e. The average molecular weight is 306 g/mol. The standard InChI is InChI=1S/C16H16ClNO3/c1-16(2)14(19)13(10-4-3-7-18-15(10)20)11-8-9(17)5-6-12(11)21-16/h3-8,13-14,19H,1-2H3,(H,18,20). The molecule has 0 radical (unpaired) electrons. The predicted octanol–water partition coefficient (Wildman–Crippen LogP) is 2.69. The van der Waals surface area contributed by atoms with Gasteiger partial charge in [-0.15, -0.1) is 0 Å². The fraction of sp³-hybridized carbons (Fsp3) is 0.312. The zero-order valence-corrected chi connectivity index (χ0v) is 12.5. The first-order valence-corrected chi connectivity index (χ1v) is 7.12. The first-order valence-electron chi connectivity index (χ1n) is 6.74. The lowest BCUT2D eigenvalue weighted by Crippen LogP contribution is -2.50. The molecule has 2 unspecified atom stereocenters. The first kappa shape index (κ1) is 14.2. The van der Waals surface area contributed by atoms with Crippen LogP contribution in [0, 0.1) is 0 Å². The van der Waals surface area contributed by atoms with E-state index in [0.29, 0.717) is 16.3 Å². The molecule has 0 spiro atoms. The van der Waals surface area contributed by atoms with Crippen LogP contribution in [0.2, 0.25) is 5.02 Å². The number of rotatable bonds is 1. The number of aliphatic hydroxyl groups excluding tert-OH is 1. The summed E-state index contributed by atoms with van der Waals surface area (Å²) >= 11 is 6.06. The van der Waals surface area contributed by atoms with Crippen LogP contribution in [0.3, 0.4) is 0 Å². The maximum atomic E-state index is 12.1. The normalized spacial score (nSPS) is 23.2. The third-order valence-electron chi connectivity index (χ3n) is 3.89. The molecule has 5 heteroatoms. The zero-order valence-electron chi connectivity index (χ0n) is 11.8. The third-order valence-corrected chi connectivity index (χ3v) is 4.13. The van der Waals surface area contributed by atoms with E-state index in [4.69, 9.17) is 16.3 Å². The number of ether oxygens (including phenoxy) is 1. The summed E-state index contributed by atoms with van der Waals surface area (Å²) in [5, 5.41) is 11.2. The molecule has 2 heterocycles. The molecule has 0 bridgehead atoms. The van der Waals surface area contributed by atoms with Crippen molar-refractivity contribution in [2.75, 3.05) is 0 Å². The van der Waals surface area contributed by atoms with Gasteiger partial charge in [0.15, 0.2) is 0 Å². The number of halogens is 1. The Bertz CT molecular complexity index is 738. The Labute approximate surface area is 127 Å². The van der Waals surface area contributed by atoms with E-state index in [1.165, 1.54) is 0 Å². The lowest BCUT2D eigenvalue weighted by molar-refractivity contribution is -0.0513. The van der Waals surface area contributed by atoms with Gasteiger partial charge >= 0.3 is 0 Å². The summed E-state index contributed by atoms with van der Waals surface area (Å²) in [6.07, 6.45) is 0.716. The number of aliphatic hydroxyl groups is 1. The summed E-state index contributed by atoms with van der Waals surface area (Å²) in [5.41, 5.74) is 0.217. The van der Waals surface area contributed by atoms with E-state index in [9.17, 15) is 9.90 Å². The van der Waals surface area contributed by atoms with Crippen LogP contribution in [0.25, 0.3) is 0 Å². The first-order chi connectivity index (χ1) is 9.90. The molecule has 4 nitrogen and oxygen atoms in total. The van der Waals surface area contributed by atoms with Crippen LogP contribution in [0.15, 0.2) is 41.3 Å². The fourth-order valence-corrected chi connectivity index (χ4v) is 2.97. The number of H-pyrrole nitrogens is 1. The molecule has 0 saturated carbocycles. The van der Waals surface area contributed by atoms with E-state index in [1.54, 1.807) is 50.4 Å². The third kappa shape index (κ3) is 2.34. The number of aromatic amines is 1. The number of pyridine rings is 1. The van der Waals surface area contributed by atoms with Gasteiger partial charge in [-0.1, -0.05) is 17.7 Å². The summed E-state index contributed by atoms with van der Waals surface area (Å²) in [6.45, 7) is 3.61. The van der Waals surface area contributed by atoms with E-state index < -0.39 is 17.6 Å². The molecule has 0 amide bonds. The molecule has 3 rings (SSSR count). The largest absolute Gasteiger partial charge is 0.485 e. The van der Waals surface area contributed by atoms with Crippen LogP contribution in [0.4, 0.5) is 0 Å². The maximum Gasteiger partial charge on any atom is 0.251 e. The summed E-state index contributed by atoms with van der Waals surface area (Å²) in [5.74, 6) is 0.162. The highest BCUT2D eigenvalue weighted by Gasteiger charge is 2.44. The predicted molar refractivity (Wildman–Crippen MR) is 81.1 cm³/mol. The Morgan fingerprint density at radius 2 is 2.05 bits per heavy atom. The van der Waals surface area contributed by atoms with E-state index in [2.05, 4.69) is 4.98 Å². The molecule has 1 aliphatic heterocycles.